The molecule has 0 bridgehead atoms. The molecule has 1 aliphatic rings. The van der Waals surface area contributed by atoms with E-state index in [1.165, 1.54) is 11.0 Å². The van der Waals surface area contributed by atoms with Gasteiger partial charge in [0.05, 0.1) is 16.8 Å². The Bertz CT molecular complexity index is 897. The van der Waals surface area contributed by atoms with Crippen LogP contribution in [0.3, 0.4) is 0 Å². The third kappa shape index (κ3) is 3.71. The summed E-state index contributed by atoms with van der Waals surface area (Å²) in [5.74, 6) is -0.784. The summed E-state index contributed by atoms with van der Waals surface area (Å²) in [4.78, 5) is 32.3. The van der Waals surface area contributed by atoms with Crippen LogP contribution in [0.25, 0.3) is 0 Å². The summed E-state index contributed by atoms with van der Waals surface area (Å²) < 4.78 is 39.5. The number of rotatable bonds is 3. The van der Waals surface area contributed by atoms with Crippen LogP contribution in [0, 0.1) is 13.8 Å². The minimum Gasteiger partial charge on any atom is -0.353 e. The molecular formula is C18H20F3N5O2. The van der Waals surface area contributed by atoms with Gasteiger partial charge in [-0.25, -0.2) is 4.98 Å². The van der Waals surface area contributed by atoms with E-state index in [2.05, 4.69) is 10.1 Å². The molecule has 1 aliphatic heterocycles. The van der Waals surface area contributed by atoms with Gasteiger partial charge in [-0.2, -0.15) is 18.3 Å². The van der Waals surface area contributed by atoms with Gasteiger partial charge in [0.1, 0.15) is 5.82 Å². The highest BCUT2D eigenvalue weighted by atomic mass is 19.4. The van der Waals surface area contributed by atoms with Crippen LogP contribution in [0.2, 0.25) is 0 Å². The molecule has 1 amide bonds. The van der Waals surface area contributed by atoms with Crippen LogP contribution in [-0.4, -0.2) is 57.5 Å². The number of carbonyl (C=O) groups is 2. The summed E-state index contributed by atoms with van der Waals surface area (Å²) in [6.45, 7) is 4.73. The van der Waals surface area contributed by atoms with Crippen molar-refractivity contribution in [3.8, 4) is 0 Å². The van der Waals surface area contributed by atoms with Gasteiger partial charge in [0.15, 0.2) is 0 Å². The Balaban J connectivity index is 1.65. The molecule has 0 unspecified atom stereocenters. The maximum Gasteiger partial charge on any atom is 0.417 e. The van der Waals surface area contributed by atoms with Gasteiger partial charge in [0, 0.05) is 45.1 Å². The van der Waals surface area contributed by atoms with Gasteiger partial charge in [-0.1, -0.05) is 0 Å². The molecule has 0 aliphatic carbocycles. The smallest absolute Gasteiger partial charge is 0.353 e. The monoisotopic (exact) mass is 395 g/mol. The highest BCUT2D eigenvalue weighted by molar-refractivity contribution is 6.43. The molecule has 10 heteroatoms. The average Bonchev–Trinajstić information content (AvgIpc) is 2.92. The minimum atomic E-state index is -4.43. The predicted octanol–water partition coefficient (Wildman–Crippen LogP) is 1.98. The lowest BCUT2D eigenvalue weighted by atomic mass is 10.1. The lowest BCUT2D eigenvalue weighted by Gasteiger charge is -2.35. The third-order valence-electron chi connectivity index (χ3n) is 4.90. The Morgan fingerprint density at radius 2 is 1.71 bits per heavy atom. The van der Waals surface area contributed by atoms with E-state index in [-0.39, 0.29) is 13.1 Å². The number of carbonyl (C=O) groups excluding carboxylic acids is 2. The molecule has 3 heterocycles. The third-order valence-corrected chi connectivity index (χ3v) is 4.90. The number of aromatic nitrogens is 3. The van der Waals surface area contributed by atoms with E-state index in [1.54, 1.807) is 30.5 Å². The summed E-state index contributed by atoms with van der Waals surface area (Å²) in [5.41, 5.74) is 0.645. The first-order valence-corrected chi connectivity index (χ1v) is 8.71. The van der Waals surface area contributed by atoms with Crippen LogP contribution in [0.15, 0.2) is 18.3 Å². The Morgan fingerprint density at radius 3 is 2.18 bits per heavy atom. The number of ketones is 1. The van der Waals surface area contributed by atoms with Crippen LogP contribution in [0.4, 0.5) is 19.0 Å². The molecule has 0 aromatic carbocycles. The number of piperazine rings is 1. The Hall–Kier alpha value is -2.91. The van der Waals surface area contributed by atoms with Crippen LogP contribution >= 0.6 is 0 Å². The molecule has 2 aromatic heterocycles. The second-order valence-corrected chi connectivity index (χ2v) is 6.68. The summed E-state index contributed by atoms with van der Waals surface area (Å²) in [6.07, 6.45) is -3.64. The number of amides is 1. The first-order valence-electron chi connectivity index (χ1n) is 8.71. The molecule has 0 spiro atoms. The molecular weight excluding hydrogens is 375 g/mol. The van der Waals surface area contributed by atoms with E-state index in [0.717, 1.165) is 12.3 Å². The van der Waals surface area contributed by atoms with Crippen LogP contribution in [-0.2, 0) is 18.0 Å². The van der Waals surface area contributed by atoms with E-state index in [4.69, 9.17) is 0 Å². The van der Waals surface area contributed by atoms with Gasteiger partial charge < -0.3 is 9.80 Å². The zero-order chi connectivity index (χ0) is 20.6. The fourth-order valence-electron chi connectivity index (χ4n) is 3.23. The van der Waals surface area contributed by atoms with Gasteiger partial charge in [0.2, 0.25) is 0 Å². The molecule has 0 atom stereocenters. The van der Waals surface area contributed by atoms with Gasteiger partial charge in [0.25, 0.3) is 11.7 Å². The quantitative estimate of drug-likeness (QED) is 0.587. The van der Waals surface area contributed by atoms with Crippen LogP contribution in [0.1, 0.15) is 27.3 Å². The Morgan fingerprint density at radius 1 is 1.07 bits per heavy atom. The zero-order valence-corrected chi connectivity index (χ0v) is 15.7. The van der Waals surface area contributed by atoms with Crippen molar-refractivity contribution in [1.29, 1.82) is 0 Å². The summed E-state index contributed by atoms with van der Waals surface area (Å²) in [5, 5.41) is 4.16. The lowest BCUT2D eigenvalue weighted by Crippen LogP contribution is -2.51. The number of hydrogen-bond donors (Lipinski definition) is 0. The Kier molecular flexibility index (Phi) is 5.14. The van der Waals surface area contributed by atoms with E-state index in [1.807, 2.05) is 0 Å². The standard InChI is InChI=1S/C18H20F3N5O2/c1-11-15(12(2)24(3)23-11)16(27)17(28)26-8-6-25(7-9-26)14-5-4-13(10-22-14)18(19,20)21/h4-5,10H,6-9H2,1-3H3. The van der Waals surface area contributed by atoms with Crippen molar-refractivity contribution < 1.29 is 22.8 Å². The van der Waals surface area contributed by atoms with Crippen molar-refractivity contribution in [3.63, 3.8) is 0 Å². The average molecular weight is 395 g/mol. The van der Waals surface area contributed by atoms with Gasteiger partial charge in [-0.05, 0) is 26.0 Å². The van der Waals surface area contributed by atoms with Crippen molar-refractivity contribution in [2.75, 3.05) is 31.1 Å². The largest absolute Gasteiger partial charge is 0.417 e. The van der Waals surface area contributed by atoms with Crippen molar-refractivity contribution in [3.05, 3.63) is 40.8 Å². The first-order chi connectivity index (χ1) is 13.1. The molecule has 28 heavy (non-hydrogen) atoms. The predicted molar refractivity (Wildman–Crippen MR) is 95.0 cm³/mol. The van der Waals surface area contributed by atoms with Crippen molar-refractivity contribution in [2.45, 2.75) is 20.0 Å². The van der Waals surface area contributed by atoms with Crippen molar-refractivity contribution in [2.24, 2.45) is 7.05 Å². The second kappa shape index (κ2) is 7.25. The zero-order valence-electron chi connectivity index (χ0n) is 15.7. The van der Waals surface area contributed by atoms with Crippen molar-refractivity contribution in [1.82, 2.24) is 19.7 Å². The van der Waals surface area contributed by atoms with Gasteiger partial charge >= 0.3 is 6.18 Å². The summed E-state index contributed by atoms with van der Waals surface area (Å²) in [6, 6.07) is 2.30. The van der Waals surface area contributed by atoms with Gasteiger partial charge in [-0.15, -0.1) is 0 Å². The molecule has 2 aromatic rings. The number of hydrogen-bond acceptors (Lipinski definition) is 5. The van der Waals surface area contributed by atoms with E-state index < -0.39 is 23.4 Å². The number of anilines is 1. The number of aryl methyl sites for hydroxylation is 2. The number of pyridine rings is 1. The number of nitrogens with zero attached hydrogens (tertiary/aromatic N) is 5. The Labute approximate surface area is 159 Å². The molecule has 3 rings (SSSR count). The number of alkyl halides is 3. The maximum absolute atomic E-state index is 12.6. The molecule has 0 radical (unpaired) electrons. The molecule has 150 valence electrons. The summed E-state index contributed by atoms with van der Waals surface area (Å²) in [7, 11) is 1.71. The summed E-state index contributed by atoms with van der Waals surface area (Å²) >= 11 is 0. The van der Waals surface area contributed by atoms with E-state index >= 15 is 0 Å². The molecule has 1 fully saturated rings. The van der Waals surface area contributed by atoms with Crippen molar-refractivity contribution >= 4 is 17.5 Å². The number of halogens is 3. The topological polar surface area (TPSA) is 71.3 Å². The van der Waals surface area contributed by atoms with Crippen LogP contribution in [0.5, 0.6) is 0 Å². The second-order valence-electron chi connectivity index (χ2n) is 6.68. The fourth-order valence-corrected chi connectivity index (χ4v) is 3.23. The SMILES string of the molecule is Cc1nn(C)c(C)c1C(=O)C(=O)N1CCN(c2ccc(C(F)(F)F)cn2)CC1. The highest BCUT2D eigenvalue weighted by Gasteiger charge is 2.32. The van der Waals surface area contributed by atoms with E-state index in [9.17, 15) is 22.8 Å². The number of Topliss-reactive ketones (excluding diaryl/α,β-unsaturated/α-hetero) is 1. The minimum absolute atomic E-state index is 0.283. The first kappa shape index (κ1) is 19.8. The molecule has 0 saturated carbocycles. The normalized spacial score (nSPS) is 15.1. The van der Waals surface area contributed by atoms with E-state index in [0.29, 0.717) is 35.9 Å². The fraction of sp³-hybridized carbons (Fsp3) is 0.444. The highest BCUT2D eigenvalue weighted by Crippen LogP contribution is 2.29. The lowest BCUT2D eigenvalue weighted by molar-refractivity contribution is -0.137. The molecule has 7 nitrogen and oxygen atoms in total. The maximum atomic E-state index is 12.6. The van der Waals surface area contributed by atoms with Gasteiger partial charge in [-0.3, -0.25) is 14.3 Å². The van der Waals surface area contributed by atoms with Crippen LogP contribution < -0.4 is 4.90 Å². The molecule has 1 saturated heterocycles. The molecule has 0 N–H and O–H groups in total.